The Labute approximate surface area is 112 Å². The number of nitrogen functional groups attached to an aromatic ring is 1. The van der Waals surface area contributed by atoms with Gasteiger partial charge in [0.1, 0.15) is 11.7 Å². The normalized spacial score (nSPS) is 10.2. The number of nitrogens with one attached hydrogen (secondary N) is 1. The summed E-state index contributed by atoms with van der Waals surface area (Å²) in [7, 11) is 1.94. The average Bonchev–Trinajstić information content (AvgIpc) is 2.39. The van der Waals surface area contributed by atoms with Crippen LogP contribution in [0.15, 0.2) is 36.8 Å². The van der Waals surface area contributed by atoms with E-state index in [1.807, 2.05) is 37.1 Å². The predicted octanol–water partition coefficient (Wildman–Crippen LogP) is 1.71. The molecule has 0 spiro atoms. The number of nitrogens with two attached hydrogens (primary N) is 1. The van der Waals surface area contributed by atoms with Gasteiger partial charge >= 0.3 is 0 Å². The molecule has 5 heteroatoms. The van der Waals surface area contributed by atoms with Crippen LogP contribution in [0.4, 0.5) is 5.82 Å². The number of pyridine rings is 2. The Morgan fingerprint density at radius 2 is 1.95 bits per heavy atom. The van der Waals surface area contributed by atoms with Gasteiger partial charge in [-0.2, -0.15) is 0 Å². The van der Waals surface area contributed by atoms with Crippen LogP contribution in [0.5, 0.6) is 0 Å². The third-order valence-corrected chi connectivity index (χ3v) is 2.94. The molecule has 0 aromatic carbocycles. The van der Waals surface area contributed by atoms with Crippen molar-refractivity contribution in [2.45, 2.75) is 13.5 Å². The van der Waals surface area contributed by atoms with Gasteiger partial charge in [-0.3, -0.25) is 10.4 Å². The summed E-state index contributed by atoms with van der Waals surface area (Å²) in [6, 6.07) is 5.78. The maximum absolute atomic E-state index is 7.69. The Kier molecular flexibility index (Phi) is 3.75. The van der Waals surface area contributed by atoms with Crippen LogP contribution in [0.25, 0.3) is 0 Å². The van der Waals surface area contributed by atoms with Crippen molar-refractivity contribution in [3.05, 3.63) is 53.5 Å². The van der Waals surface area contributed by atoms with E-state index in [0.717, 1.165) is 16.9 Å². The lowest BCUT2D eigenvalue weighted by Gasteiger charge is -2.21. The molecule has 0 saturated carbocycles. The summed E-state index contributed by atoms with van der Waals surface area (Å²) in [4.78, 5) is 10.3. The summed E-state index contributed by atoms with van der Waals surface area (Å²) >= 11 is 0. The van der Waals surface area contributed by atoms with E-state index in [1.54, 1.807) is 18.6 Å². The van der Waals surface area contributed by atoms with Crippen molar-refractivity contribution in [1.82, 2.24) is 9.97 Å². The third-order valence-electron chi connectivity index (χ3n) is 2.94. The highest BCUT2D eigenvalue weighted by Gasteiger charge is 2.14. The summed E-state index contributed by atoms with van der Waals surface area (Å²) < 4.78 is 0. The molecular weight excluding hydrogens is 238 g/mol. The first-order valence-electron chi connectivity index (χ1n) is 5.99. The lowest BCUT2D eigenvalue weighted by molar-refractivity contribution is 0.891. The first kappa shape index (κ1) is 13.0. The van der Waals surface area contributed by atoms with E-state index in [0.29, 0.717) is 12.1 Å². The first-order chi connectivity index (χ1) is 9.09. The highest BCUT2D eigenvalue weighted by molar-refractivity contribution is 6.00. The summed E-state index contributed by atoms with van der Waals surface area (Å²) in [5, 5.41) is 7.69. The van der Waals surface area contributed by atoms with E-state index in [-0.39, 0.29) is 5.84 Å². The number of hydrogen-bond acceptors (Lipinski definition) is 4. The zero-order chi connectivity index (χ0) is 13.8. The molecule has 0 saturated heterocycles. The van der Waals surface area contributed by atoms with Gasteiger partial charge in [-0.25, -0.2) is 4.98 Å². The molecule has 2 aromatic rings. The molecule has 3 N–H and O–H groups in total. The van der Waals surface area contributed by atoms with Gasteiger partial charge in [0.05, 0.1) is 5.56 Å². The number of hydrogen-bond donors (Lipinski definition) is 2. The fourth-order valence-electron chi connectivity index (χ4n) is 2.00. The van der Waals surface area contributed by atoms with E-state index in [9.17, 15) is 0 Å². The van der Waals surface area contributed by atoms with Crippen LogP contribution in [0.1, 0.15) is 16.7 Å². The molecule has 0 aliphatic heterocycles. The van der Waals surface area contributed by atoms with Crippen molar-refractivity contribution in [3.8, 4) is 0 Å². The molecule has 0 atom stereocenters. The highest BCUT2D eigenvalue weighted by Crippen LogP contribution is 2.20. The topological polar surface area (TPSA) is 78.9 Å². The Morgan fingerprint density at radius 1 is 1.26 bits per heavy atom. The van der Waals surface area contributed by atoms with Crippen LogP contribution in [0.2, 0.25) is 0 Å². The Bertz CT molecular complexity index is 580. The van der Waals surface area contributed by atoms with Crippen LogP contribution in [0.3, 0.4) is 0 Å². The Hall–Kier alpha value is -2.43. The second-order valence-electron chi connectivity index (χ2n) is 4.45. The van der Waals surface area contributed by atoms with Crippen molar-refractivity contribution in [3.63, 3.8) is 0 Å². The molecule has 0 aliphatic carbocycles. The van der Waals surface area contributed by atoms with Gasteiger partial charge < -0.3 is 10.6 Å². The minimum atomic E-state index is 0.0437. The molecule has 19 heavy (non-hydrogen) atoms. The number of aryl methyl sites for hydroxylation is 1. The molecule has 98 valence electrons. The number of rotatable bonds is 4. The minimum Gasteiger partial charge on any atom is -0.384 e. The molecule has 0 unspecified atom stereocenters. The van der Waals surface area contributed by atoms with E-state index in [1.165, 1.54) is 0 Å². The van der Waals surface area contributed by atoms with Crippen molar-refractivity contribution in [1.29, 1.82) is 5.41 Å². The zero-order valence-corrected chi connectivity index (χ0v) is 11.1. The van der Waals surface area contributed by atoms with Gasteiger partial charge in [0.15, 0.2) is 0 Å². The van der Waals surface area contributed by atoms with E-state index < -0.39 is 0 Å². The molecule has 5 nitrogen and oxygen atoms in total. The van der Waals surface area contributed by atoms with Gasteiger partial charge in [0, 0.05) is 32.2 Å². The summed E-state index contributed by atoms with van der Waals surface area (Å²) in [5.41, 5.74) is 8.44. The van der Waals surface area contributed by atoms with Crippen LogP contribution >= 0.6 is 0 Å². The lowest BCUT2D eigenvalue weighted by atomic mass is 10.1. The second-order valence-corrected chi connectivity index (χ2v) is 4.45. The number of amidine groups is 1. The quantitative estimate of drug-likeness (QED) is 0.644. The molecule has 2 rings (SSSR count). The molecule has 2 aromatic heterocycles. The number of anilines is 1. The molecule has 0 radical (unpaired) electrons. The van der Waals surface area contributed by atoms with Crippen molar-refractivity contribution in [2.75, 3.05) is 11.9 Å². The molecule has 2 heterocycles. The molecule has 0 bridgehead atoms. The lowest BCUT2D eigenvalue weighted by Crippen LogP contribution is -2.24. The van der Waals surface area contributed by atoms with Crippen molar-refractivity contribution in [2.24, 2.45) is 5.73 Å². The van der Waals surface area contributed by atoms with E-state index >= 15 is 0 Å². The summed E-state index contributed by atoms with van der Waals surface area (Å²) in [6.45, 7) is 2.63. The van der Waals surface area contributed by atoms with E-state index in [2.05, 4.69) is 9.97 Å². The summed E-state index contributed by atoms with van der Waals surface area (Å²) in [6.07, 6.45) is 5.26. The number of aromatic nitrogens is 2. The monoisotopic (exact) mass is 255 g/mol. The van der Waals surface area contributed by atoms with E-state index in [4.69, 9.17) is 11.1 Å². The predicted molar refractivity (Wildman–Crippen MR) is 76.3 cm³/mol. The van der Waals surface area contributed by atoms with Crippen molar-refractivity contribution < 1.29 is 0 Å². The van der Waals surface area contributed by atoms with Crippen LogP contribution in [-0.2, 0) is 6.54 Å². The highest BCUT2D eigenvalue weighted by atomic mass is 15.2. The van der Waals surface area contributed by atoms with Gasteiger partial charge in [0.25, 0.3) is 0 Å². The van der Waals surface area contributed by atoms with Crippen LogP contribution in [0, 0.1) is 12.3 Å². The molecular formula is C14H17N5. The maximum atomic E-state index is 7.69. The fourth-order valence-corrected chi connectivity index (χ4v) is 2.00. The standard InChI is InChI=1S/C14H17N5/c1-10-3-8-18-14(12(10)13(15)16)19(2)9-11-4-6-17-7-5-11/h3-8H,9H2,1-2H3,(H3,15,16). The average molecular weight is 255 g/mol. The molecule has 0 fully saturated rings. The molecule has 0 amide bonds. The van der Waals surface area contributed by atoms with Gasteiger partial charge in [-0.05, 0) is 36.2 Å². The second kappa shape index (κ2) is 5.48. The SMILES string of the molecule is Cc1ccnc(N(C)Cc2ccncc2)c1C(=N)N. The van der Waals surface area contributed by atoms with Crippen LogP contribution < -0.4 is 10.6 Å². The van der Waals surface area contributed by atoms with Gasteiger partial charge in [-0.1, -0.05) is 0 Å². The Balaban J connectivity index is 2.31. The smallest absolute Gasteiger partial charge is 0.139 e. The number of nitrogens with zero attached hydrogens (tertiary/aromatic N) is 3. The third kappa shape index (κ3) is 2.88. The fraction of sp³-hybridized carbons (Fsp3) is 0.214. The summed E-state index contributed by atoms with van der Waals surface area (Å²) in [5.74, 6) is 0.770. The van der Waals surface area contributed by atoms with Crippen molar-refractivity contribution >= 4 is 11.7 Å². The van der Waals surface area contributed by atoms with Crippen LogP contribution in [-0.4, -0.2) is 22.9 Å². The Morgan fingerprint density at radius 3 is 2.58 bits per heavy atom. The largest absolute Gasteiger partial charge is 0.384 e. The van der Waals surface area contributed by atoms with Gasteiger partial charge in [0.2, 0.25) is 0 Å². The minimum absolute atomic E-state index is 0.0437. The molecule has 0 aliphatic rings. The zero-order valence-electron chi connectivity index (χ0n) is 11.1. The first-order valence-corrected chi connectivity index (χ1v) is 5.99. The van der Waals surface area contributed by atoms with Gasteiger partial charge in [-0.15, -0.1) is 0 Å². The maximum Gasteiger partial charge on any atom is 0.139 e.